The van der Waals surface area contributed by atoms with E-state index in [2.05, 4.69) is 10.1 Å². The zero-order valence-corrected chi connectivity index (χ0v) is 17.8. The number of para-hydroxylation sites is 1. The van der Waals surface area contributed by atoms with Gasteiger partial charge in [-0.25, -0.2) is 0 Å². The summed E-state index contributed by atoms with van der Waals surface area (Å²) in [7, 11) is 0. The van der Waals surface area contributed by atoms with Crippen LogP contribution in [0.1, 0.15) is 29.3 Å². The minimum atomic E-state index is -0.407. The van der Waals surface area contributed by atoms with Gasteiger partial charge in [0.2, 0.25) is 4.96 Å². The zero-order chi connectivity index (χ0) is 21.5. The van der Waals surface area contributed by atoms with Crippen molar-refractivity contribution in [1.29, 1.82) is 0 Å². The average molecular weight is 430 g/mol. The Morgan fingerprint density at radius 3 is 2.71 bits per heavy atom. The van der Waals surface area contributed by atoms with E-state index in [0.717, 1.165) is 39.3 Å². The highest BCUT2D eigenvalue weighted by Gasteiger charge is 2.18. The number of hydrogen-bond acceptors (Lipinski definition) is 6. The van der Waals surface area contributed by atoms with E-state index >= 15 is 0 Å². The van der Waals surface area contributed by atoms with Crippen LogP contribution >= 0.6 is 11.3 Å². The Hall–Kier alpha value is -3.58. The van der Waals surface area contributed by atoms with Gasteiger partial charge in [-0.1, -0.05) is 59.4 Å². The van der Waals surface area contributed by atoms with Crippen LogP contribution in [0.2, 0.25) is 0 Å². The van der Waals surface area contributed by atoms with Crippen LogP contribution in [0.4, 0.5) is 0 Å². The predicted octanol–water partition coefficient (Wildman–Crippen LogP) is 2.77. The monoisotopic (exact) mass is 429 g/mol. The van der Waals surface area contributed by atoms with Gasteiger partial charge in [0.05, 0.1) is 4.53 Å². The second-order valence-electron chi connectivity index (χ2n) is 7.58. The van der Waals surface area contributed by atoms with Gasteiger partial charge in [0, 0.05) is 12.0 Å². The average Bonchev–Trinajstić information content (AvgIpc) is 3.05. The van der Waals surface area contributed by atoms with E-state index < -0.39 is 5.56 Å². The van der Waals surface area contributed by atoms with Crippen molar-refractivity contribution in [1.82, 2.24) is 14.6 Å². The van der Waals surface area contributed by atoms with Gasteiger partial charge >= 0.3 is 0 Å². The van der Waals surface area contributed by atoms with Gasteiger partial charge in [0.1, 0.15) is 17.5 Å². The molecule has 7 heteroatoms. The Bertz CT molecular complexity index is 1500. The molecule has 31 heavy (non-hydrogen) atoms. The fraction of sp³-hybridized carbons (Fsp3) is 0.167. The lowest BCUT2D eigenvalue weighted by molar-refractivity contribution is 0.259. The molecule has 0 radical (unpaired) electrons. The third-order valence-electron chi connectivity index (χ3n) is 5.25. The molecule has 0 fully saturated rings. The van der Waals surface area contributed by atoms with E-state index in [9.17, 15) is 9.59 Å². The summed E-state index contributed by atoms with van der Waals surface area (Å²) in [6.45, 7) is 3.94. The molecule has 6 nitrogen and oxygen atoms in total. The van der Waals surface area contributed by atoms with Crippen LogP contribution in [-0.2, 0) is 6.42 Å². The maximum Gasteiger partial charge on any atom is 0.296 e. The number of nitrogens with zero attached hydrogens (tertiary/aromatic N) is 3. The standard InChI is InChI=1S/C24H19N3O3S/c1-14-7-9-16(10-8-14)11-19-22(28)25-24-27(26-19)23(29)21(31-24)13-18-12-17-5-3-4-6-20(17)30-15(18)2/h3-10,12-13,15H,11H2,1-2H3/b21-13-. The molecular weight excluding hydrogens is 410 g/mol. The molecule has 0 saturated carbocycles. The first-order valence-corrected chi connectivity index (χ1v) is 10.8. The molecule has 0 spiro atoms. The molecule has 1 aliphatic heterocycles. The Balaban J connectivity index is 1.58. The molecule has 3 heterocycles. The Kier molecular flexibility index (Phi) is 4.75. The summed E-state index contributed by atoms with van der Waals surface area (Å²) in [6.07, 6.45) is 3.95. The van der Waals surface area contributed by atoms with Gasteiger partial charge in [-0.2, -0.15) is 14.6 Å². The molecule has 4 aromatic rings. The van der Waals surface area contributed by atoms with Crippen LogP contribution in [0, 0.1) is 6.92 Å². The van der Waals surface area contributed by atoms with Crippen LogP contribution in [0.5, 0.6) is 5.75 Å². The number of benzene rings is 2. The highest BCUT2D eigenvalue weighted by Crippen LogP contribution is 2.29. The molecule has 5 rings (SSSR count). The molecule has 0 bridgehead atoms. The number of aromatic nitrogens is 3. The largest absolute Gasteiger partial charge is 0.485 e. The lowest BCUT2D eigenvalue weighted by atomic mass is 10.0. The summed E-state index contributed by atoms with van der Waals surface area (Å²) < 4.78 is 7.65. The molecule has 0 saturated heterocycles. The number of ether oxygens (including phenoxy) is 1. The van der Waals surface area contributed by atoms with E-state index in [1.54, 1.807) is 6.08 Å². The van der Waals surface area contributed by atoms with Crippen molar-refractivity contribution in [3.63, 3.8) is 0 Å². The highest BCUT2D eigenvalue weighted by molar-refractivity contribution is 7.15. The molecule has 2 aromatic heterocycles. The fourth-order valence-electron chi connectivity index (χ4n) is 3.52. The molecule has 0 amide bonds. The molecule has 0 N–H and O–H groups in total. The van der Waals surface area contributed by atoms with Crippen molar-refractivity contribution in [2.75, 3.05) is 0 Å². The Labute approximate surface area is 181 Å². The van der Waals surface area contributed by atoms with Crippen LogP contribution in [0.15, 0.2) is 63.7 Å². The van der Waals surface area contributed by atoms with Gasteiger partial charge in [-0.05, 0) is 43.2 Å². The van der Waals surface area contributed by atoms with Crippen molar-refractivity contribution in [3.05, 3.63) is 102 Å². The summed E-state index contributed by atoms with van der Waals surface area (Å²) in [6, 6.07) is 15.6. The van der Waals surface area contributed by atoms with E-state index in [0.29, 0.717) is 15.9 Å². The quantitative estimate of drug-likeness (QED) is 0.501. The molecule has 1 unspecified atom stereocenters. The van der Waals surface area contributed by atoms with Gasteiger partial charge in [0.25, 0.3) is 11.1 Å². The molecule has 154 valence electrons. The van der Waals surface area contributed by atoms with Crippen LogP contribution < -0.4 is 20.4 Å². The smallest absolute Gasteiger partial charge is 0.296 e. The zero-order valence-electron chi connectivity index (χ0n) is 17.0. The first kappa shape index (κ1) is 19.4. The lowest BCUT2D eigenvalue weighted by Gasteiger charge is -2.22. The second kappa shape index (κ2) is 7.59. The van der Waals surface area contributed by atoms with Crippen molar-refractivity contribution < 1.29 is 4.74 Å². The van der Waals surface area contributed by atoms with Crippen molar-refractivity contribution in [2.45, 2.75) is 26.4 Å². The van der Waals surface area contributed by atoms with Crippen molar-refractivity contribution >= 4 is 28.4 Å². The minimum absolute atomic E-state index is 0.197. The number of aryl methyl sites for hydroxylation is 1. The van der Waals surface area contributed by atoms with Gasteiger partial charge < -0.3 is 4.74 Å². The normalized spacial score (nSPS) is 16.1. The van der Waals surface area contributed by atoms with Crippen molar-refractivity contribution in [2.24, 2.45) is 0 Å². The minimum Gasteiger partial charge on any atom is -0.485 e. The van der Waals surface area contributed by atoms with Crippen LogP contribution in [-0.4, -0.2) is 20.7 Å². The van der Waals surface area contributed by atoms with Gasteiger partial charge in [0.15, 0.2) is 0 Å². The maximum absolute atomic E-state index is 13.0. The molecule has 1 atom stereocenters. The van der Waals surface area contributed by atoms with E-state index in [4.69, 9.17) is 4.74 Å². The Morgan fingerprint density at radius 2 is 1.90 bits per heavy atom. The fourth-order valence-corrected chi connectivity index (χ4v) is 4.43. The number of hydrogen-bond donors (Lipinski definition) is 0. The Morgan fingerprint density at radius 1 is 1.13 bits per heavy atom. The number of thiazole rings is 1. The summed E-state index contributed by atoms with van der Waals surface area (Å²) in [5, 5.41) is 4.33. The summed E-state index contributed by atoms with van der Waals surface area (Å²) >= 11 is 1.16. The van der Waals surface area contributed by atoms with E-state index in [1.165, 1.54) is 4.52 Å². The van der Waals surface area contributed by atoms with Crippen LogP contribution in [0.25, 0.3) is 17.1 Å². The third kappa shape index (κ3) is 3.68. The predicted molar refractivity (Wildman–Crippen MR) is 122 cm³/mol. The van der Waals surface area contributed by atoms with E-state index in [1.807, 2.05) is 68.5 Å². The second-order valence-corrected chi connectivity index (χ2v) is 8.59. The third-order valence-corrected chi connectivity index (χ3v) is 6.21. The maximum atomic E-state index is 13.0. The molecule has 0 aliphatic carbocycles. The first-order valence-electron chi connectivity index (χ1n) is 9.95. The van der Waals surface area contributed by atoms with Gasteiger partial charge in [-0.15, -0.1) is 0 Å². The summed E-state index contributed by atoms with van der Waals surface area (Å²) in [5.41, 5.74) is 3.49. The number of rotatable bonds is 3. The lowest BCUT2D eigenvalue weighted by Crippen LogP contribution is -2.29. The topological polar surface area (TPSA) is 73.6 Å². The SMILES string of the molecule is Cc1ccc(Cc2nn3c(=O)/c(=C/C4=Cc5ccccc5OC4C)sc3nc2=O)cc1. The highest BCUT2D eigenvalue weighted by atomic mass is 32.1. The van der Waals surface area contributed by atoms with Crippen LogP contribution in [0.3, 0.4) is 0 Å². The first-order chi connectivity index (χ1) is 15.0. The molecule has 1 aliphatic rings. The number of fused-ring (bicyclic) bond motifs is 2. The van der Waals surface area contributed by atoms with Gasteiger partial charge in [-0.3, -0.25) is 9.59 Å². The molecule has 2 aromatic carbocycles. The summed E-state index contributed by atoms with van der Waals surface area (Å²) in [4.78, 5) is 29.9. The molecular formula is C24H19N3O3S. The van der Waals surface area contributed by atoms with Crippen molar-refractivity contribution in [3.8, 4) is 5.75 Å². The summed E-state index contributed by atoms with van der Waals surface area (Å²) in [5.74, 6) is 0.820. The van der Waals surface area contributed by atoms with E-state index in [-0.39, 0.29) is 17.4 Å².